The minimum atomic E-state index is -1.39. The van der Waals surface area contributed by atoms with E-state index in [1.54, 1.807) is 54.2 Å². The first-order valence-electron chi connectivity index (χ1n) is 46.1. The van der Waals surface area contributed by atoms with E-state index in [0.29, 0.717) is 87.8 Å². The standard InChI is InChI=1S/C30H42O5.C25H32O8.C24H30O8.C24H38O6.8CH4/c1-6-30(4,5)29(31)35-27-17-13-12-16-26(27)34-28-24(20-32-7-2)18-23(19-25(28)21-33-8-3)22-14-10-9-11-15-22;1-5-24(2,3)21(26)32-19-16-12-18-20(19)33-23(28)25(18,13-16)22(27)31-11-10-30-17-8-6-15(7-9-17)14-29-4;1-5-23(3,4)20(27)31-18-13-8-16-19(18)32-22(29)24(16,9-13)21(28)30-11-15-7-12(2)6-14(10-25)17(15)26;1-11-24(7,8)22(26)29-14-20(25)30-21-18(15(2)27-9)12-17(23(4,5)6)13-19(21)16(3)28-10;;;;;;;;/h9-11,14-15,18-19,26-27H,6-8,12-13,16-17,20-21H2,1-5H3;6-9,16,18-20H,5,10-14H2,1-4H3;6-7,13,16,18-19,25-26H,5,8-11H2,1-4H3;12-13,15-16H,11,14H2,1-10H3;8*1H4. The number of carbonyl (C=O) groups excluding carboxylic acids is 9. The fourth-order valence-corrected chi connectivity index (χ4v) is 17.4. The van der Waals surface area contributed by atoms with Gasteiger partial charge in [0.05, 0.1) is 60.3 Å². The number of fused-ring (bicyclic) bond motifs is 2. The number of carbonyl (C=O) groups is 9. The van der Waals surface area contributed by atoms with Crippen molar-refractivity contribution in [3.05, 3.63) is 141 Å². The van der Waals surface area contributed by atoms with Gasteiger partial charge in [-0.3, -0.25) is 38.4 Å². The fraction of sp³-hybridized carbons (Fsp3) is 0.649. The van der Waals surface area contributed by atoms with Gasteiger partial charge in [-0.05, 0) is 237 Å². The van der Waals surface area contributed by atoms with Crippen molar-refractivity contribution in [3.8, 4) is 34.1 Å². The molecule has 5 saturated carbocycles. The molecule has 780 valence electrons. The summed E-state index contributed by atoms with van der Waals surface area (Å²) in [6.45, 7) is 40.3. The van der Waals surface area contributed by atoms with Crippen molar-refractivity contribution in [1.29, 1.82) is 0 Å². The van der Waals surface area contributed by atoms with Crippen molar-refractivity contribution in [2.24, 2.45) is 56.2 Å². The van der Waals surface area contributed by atoms with E-state index < -0.39 is 105 Å². The molecular weight excluding hydrogens is 1770 g/mol. The Labute approximate surface area is 826 Å². The van der Waals surface area contributed by atoms with Crippen LogP contribution in [0, 0.1) is 63.1 Å². The highest BCUT2D eigenvalue weighted by Gasteiger charge is 2.77. The Morgan fingerprint density at radius 1 is 0.493 bits per heavy atom. The van der Waals surface area contributed by atoms with Crippen LogP contribution in [0.5, 0.6) is 23.0 Å². The van der Waals surface area contributed by atoms with Gasteiger partial charge in [0.2, 0.25) is 0 Å². The van der Waals surface area contributed by atoms with Gasteiger partial charge in [-0.1, -0.05) is 162 Å². The van der Waals surface area contributed by atoms with Crippen molar-refractivity contribution in [2.45, 2.75) is 362 Å². The topological polar surface area (TPSA) is 342 Å². The van der Waals surface area contributed by atoms with E-state index in [4.69, 9.17) is 75.8 Å². The number of rotatable bonds is 38. The summed E-state index contributed by atoms with van der Waals surface area (Å²) in [6, 6.07) is 29.4. The lowest BCUT2D eigenvalue weighted by Gasteiger charge is -2.34. The second kappa shape index (κ2) is 54.5. The van der Waals surface area contributed by atoms with E-state index in [1.165, 1.54) is 0 Å². The largest absolute Gasteiger partial charge is 0.507 e. The van der Waals surface area contributed by atoms with E-state index in [1.807, 2.05) is 152 Å². The third-order valence-corrected chi connectivity index (χ3v) is 27.4. The number of methoxy groups -OCH3 is 3. The summed E-state index contributed by atoms with van der Waals surface area (Å²) in [4.78, 5) is 114. The highest BCUT2D eigenvalue weighted by Crippen LogP contribution is 2.65. The number of hydrogen-bond donors (Lipinski definition) is 2. The Bertz CT molecular complexity index is 4670. The Morgan fingerprint density at radius 2 is 0.935 bits per heavy atom. The van der Waals surface area contributed by atoms with Gasteiger partial charge < -0.3 is 86.0 Å². The number of ether oxygens (including phenoxy) is 16. The van der Waals surface area contributed by atoms with E-state index in [-0.39, 0.29) is 170 Å². The minimum Gasteiger partial charge on any atom is -0.507 e. The van der Waals surface area contributed by atoms with Crippen LogP contribution in [0.3, 0.4) is 0 Å². The van der Waals surface area contributed by atoms with Crippen LogP contribution in [0.4, 0.5) is 0 Å². The van der Waals surface area contributed by atoms with Crippen LogP contribution in [0.1, 0.15) is 330 Å². The molecule has 2 aliphatic heterocycles. The van der Waals surface area contributed by atoms with Crippen LogP contribution in [0.15, 0.2) is 91.0 Å². The maximum absolute atomic E-state index is 13.1. The van der Waals surface area contributed by atoms with Crippen molar-refractivity contribution >= 4 is 53.7 Å². The molecule has 0 amide bonds. The lowest BCUT2D eigenvalue weighted by molar-refractivity contribution is -0.170. The molecule has 27 nitrogen and oxygen atoms in total. The summed E-state index contributed by atoms with van der Waals surface area (Å²) < 4.78 is 90.7. The molecule has 14 atom stereocenters. The second-order valence-corrected chi connectivity index (χ2v) is 38.9. The molecule has 0 radical (unpaired) electrons. The molecule has 12 rings (SSSR count). The zero-order chi connectivity index (χ0) is 95.8. The summed E-state index contributed by atoms with van der Waals surface area (Å²) in [6.07, 6.45) is 4.74. The van der Waals surface area contributed by atoms with Gasteiger partial charge in [-0.25, -0.2) is 4.79 Å². The number of aryl methyl sites for hydroxylation is 1. The van der Waals surface area contributed by atoms with Gasteiger partial charge in [0.1, 0.15) is 79.4 Å². The van der Waals surface area contributed by atoms with Crippen LogP contribution in [-0.4, -0.2) is 155 Å². The summed E-state index contributed by atoms with van der Waals surface area (Å²) in [5.41, 5.74) is 4.15. The zero-order valence-electron chi connectivity index (χ0n) is 80.7. The molecule has 0 spiro atoms. The first-order valence-corrected chi connectivity index (χ1v) is 46.1. The highest BCUT2D eigenvalue weighted by atomic mass is 16.6. The molecule has 14 unspecified atom stereocenters. The van der Waals surface area contributed by atoms with Crippen LogP contribution in [0.2, 0.25) is 0 Å². The smallest absolute Gasteiger partial charge is 0.349 e. The third kappa shape index (κ3) is 29.1. The highest BCUT2D eigenvalue weighted by molar-refractivity contribution is 6.04. The molecule has 2 saturated heterocycles. The molecule has 7 fully saturated rings. The van der Waals surface area contributed by atoms with Crippen LogP contribution in [0.25, 0.3) is 11.1 Å². The molecule has 138 heavy (non-hydrogen) atoms. The zero-order valence-corrected chi connectivity index (χ0v) is 80.7. The number of phenols is 1. The number of hydrogen-bond acceptors (Lipinski definition) is 27. The van der Waals surface area contributed by atoms with Gasteiger partial charge in [0.15, 0.2) is 17.4 Å². The molecule has 2 N–H and O–H groups in total. The van der Waals surface area contributed by atoms with E-state index in [0.717, 1.165) is 87.9 Å². The molecule has 7 aliphatic rings. The fourth-order valence-electron chi connectivity index (χ4n) is 17.4. The van der Waals surface area contributed by atoms with Crippen LogP contribution in [-0.2, 0) is 143 Å². The van der Waals surface area contributed by atoms with Crippen molar-refractivity contribution in [3.63, 3.8) is 0 Å². The third-order valence-electron chi connectivity index (χ3n) is 27.4. The molecule has 4 bridgehead atoms. The average molecular weight is 1940 g/mol. The van der Waals surface area contributed by atoms with Crippen molar-refractivity contribution < 1.29 is 129 Å². The van der Waals surface area contributed by atoms with Gasteiger partial charge in [-0.15, -0.1) is 0 Å². The molecule has 27 heteroatoms. The minimum absolute atomic E-state index is 0. The molecule has 2 heterocycles. The summed E-state index contributed by atoms with van der Waals surface area (Å²) in [7, 11) is 4.85. The van der Waals surface area contributed by atoms with Crippen molar-refractivity contribution in [1.82, 2.24) is 0 Å². The van der Waals surface area contributed by atoms with Crippen LogP contribution >= 0.6 is 0 Å². The van der Waals surface area contributed by atoms with Gasteiger partial charge in [0.25, 0.3) is 0 Å². The maximum atomic E-state index is 13.1. The van der Waals surface area contributed by atoms with Crippen LogP contribution < -0.4 is 14.2 Å². The van der Waals surface area contributed by atoms with E-state index in [9.17, 15) is 53.4 Å². The Kier molecular flexibility index (Phi) is 49.9. The van der Waals surface area contributed by atoms with Gasteiger partial charge in [-0.2, -0.15) is 0 Å². The predicted molar refractivity (Wildman–Crippen MR) is 537 cm³/mol. The second-order valence-electron chi connectivity index (χ2n) is 38.9. The van der Waals surface area contributed by atoms with Gasteiger partial charge >= 0.3 is 53.7 Å². The Balaban J connectivity index is 0.000000904. The summed E-state index contributed by atoms with van der Waals surface area (Å²) in [5.74, 6) is -3.52. The SMILES string of the molecule is C.C.C.C.C.C.C.C.CCC(C)(C)C(=O)OC1C2CC3C1OC(=O)C3(C(=O)OCCOc1ccc(COC)cc1)C2.CCC(C)(C)C(=O)OC1C2CC3C1OC(=O)C3(C(=O)OCc1cc(C)cc(CO)c1O)C2.CCC(C)(C)C(=O)OCC(=O)Oc1c(C(C)OC)cc(C(C)(C)C)cc1C(C)OC.CCOCc1cc(-c2ccccc2)cc(COCC)c1OC1CCCCC1OC(=O)C(C)(C)CC. The van der Waals surface area contributed by atoms with Gasteiger partial charge in [0, 0.05) is 91.6 Å². The Hall–Kier alpha value is -9.51. The van der Waals surface area contributed by atoms with E-state index in [2.05, 4.69) is 45.0 Å². The molecule has 5 aromatic rings. The molecule has 0 aromatic heterocycles. The first kappa shape index (κ1) is 126. The number of aromatic hydroxyl groups is 1. The number of benzene rings is 5. The summed E-state index contributed by atoms with van der Waals surface area (Å²) >= 11 is 0. The first-order chi connectivity index (χ1) is 61.4. The number of esters is 9. The number of aliphatic hydroxyl groups excluding tert-OH is 1. The monoisotopic (exact) mass is 1940 g/mol. The van der Waals surface area contributed by atoms with Crippen molar-refractivity contribution in [2.75, 3.05) is 54.4 Å². The lowest BCUT2D eigenvalue weighted by atomic mass is 9.73. The summed E-state index contributed by atoms with van der Waals surface area (Å²) in [5, 5.41) is 19.7. The lowest BCUT2D eigenvalue weighted by Crippen LogP contribution is -2.46. The average Bonchev–Trinajstić information content (AvgIpc) is 1.53. The predicted octanol–water partition coefficient (Wildman–Crippen LogP) is 23.1. The maximum Gasteiger partial charge on any atom is 0.349 e. The van der Waals surface area contributed by atoms with E-state index >= 15 is 0 Å². The molecule has 5 aliphatic carbocycles. The molecular formula is C111H174O27. The number of aliphatic hydroxyl groups is 1. The quantitative estimate of drug-likeness (QED) is 0.0122. The Morgan fingerprint density at radius 3 is 1.37 bits per heavy atom. The normalized spacial score (nSPS) is 21.9. The molecule has 5 aromatic carbocycles.